The van der Waals surface area contributed by atoms with Gasteiger partial charge >= 0.3 is 0 Å². The van der Waals surface area contributed by atoms with E-state index in [1.165, 1.54) is 5.56 Å². The summed E-state index contributed by atoms with van der Waals surface area (Å²) in [6, 6.07) is 16.4. The van der Waals surface area contributed by atoms with E-state index in [1.54, 1.807) is 0 Å². The molecule has 2 aromatic heterocycles. The van der Waals surface area contributed by atoms with Gasteiger partial charge in [0.15, 0.2) is 0 Å². The molecule has 1 atom stereocenters. The van der Waals surface area contributed by atoms with Crippen LogP contribution in [0.5, 0.6) is 5.88 Å². The van der Waals surface area contributed by atoms with Crippen LogP contribution >= 0.6 is 0 Å². The van der Waals surface area contributed by atoms with E-state index >= 15 is 0 Å². The van der Waals surface area contributed by atoms with E-state index in [1.807, 2.05) is 37.4 Å². The van der Waals surface area contributed by atoms with Crippen LogP contribution < -0.4 is 9.64 Å². The van der Waals surface area contributed by atoms with Crippen LogP contribution in [0.4, 0.5) is 5.69 Å². The van der Waals surface area contributed by atoms with Crippen LogP contribution in [0.15, 0.2) is 54.7 Å². The highest BCUT2D eigenvalue weighted by atomic mass is 16.5. The highest BCUT2D eigenvalue weighted by Crippen LogP contribution is 2.29. The molecule has 1 saturated heterocycles. The number of rotatable bonds is 6. The van der Waals surface area contributed by atoms with Crippen molar-refractivity contribution in [3.05, 3.63) is 71.5 Å². The van der Waals surface area contributed by atoms with Crippen molar-refractivity contribution in [1.82, 2.24) is 9.97 Å². The fourth-order valence-corrected chi connectivity index (χ4v) is 3.82. The van der Waals surface area contributed by atoms with Gasteiger partial charge in [-0.05, 0) is 37.1 Å². The fraction of sp³-hybridized carbons (Fsp3) is 0.333. The zero-order valence-electron chi connectivity index (χ0n) is 17.0. The van der Waals surface area contributed by atoms with E-state index in [-0.39, 0.29) is 12.7 Å². The van der Waals surface area contributed by atoms with Crippen molar-refractivity contribution in [3.8, 4) is 17.1 Å². The molecule has 1 aliphatic rings. The van der Waals surface area contributed by atoms with E-state index < -0.39 is 0 Å². The molecule has 4 rings (SSSR count). The molecule has 1 aliphatic heterocycles. The zero-order chi connectivity index (χ0) is 20.2. The minimum absolute atomic E-state index is 0.0816. The van der Waals surface area contributed by atoms with Crippen LogP contribution in [0.1, 0.15) is 23.2 Å². The Morgan fingerprint density at radius 3 is 2.72 bits per heavy atom. The molecule has 5 nitrogen and oxygen atoms in total. The second-order valence-electron chi connectivity index (χ2n) is 7.60. The number of anilines is 1. The number of aliphatic hydroxyl groups is 1. The Morgan fingerprint density at radius 2 is 1.97 bits per heavy atom. The largest absolute Gasteiger partial charge is 0.472 e. The van der Waals surface area contributed by atoms with Gasteiger partial charge in [0.2, 0.25) is 5.88 Å². The molecule has 3 aromatic rings. The van der Waals surface area contributed by atoms with Gasteiger partial charge in [-0.2, -0.15) is 0 Å². The fourth-order valence-electron chi connectivity index (χ4n) is 3.82. The Morgan fingerprint density at radius 1 is 1.10 bits per heavy atom. The van der Waals surface area contributed by atoms with Crippen molar-refractivity contribution >= 4 is 5.69 Å². The Bertz CT molecular complexity index is 972. The number of pyridine rings is 2. The van der Waals surface area contributed by atoms with Crippen molar-refractivity contribution in [3.63, 3.8) is 0 Å². The number of ether oxygens (including phenoxy) is 1. The maximum absolute atomic E-state index is 9.58. The lowest BCUT2D eigenvalue weighted by Crippen LogP contribution is -2.26. The summed E-state index contributed by atoms with van der Waals surface area (Å²) in [5.74, 6) is 0.672. The topological polar surface area (TPSA) is 58.5 Å². The molecule has 0 saturated carbocycles. The number of aliphatic hydroxyl groups excluding tert-OH is 1. The van der Waals surface area contributed by atoms with Crippen molar-refractivity contribution in [2.45, 2.75) is 32.8 Å². The van der Waals surface area contributed by atoms with Crippen molar-refractivity contribution in [2.75, 3.05) is 24.6 Å². The molecule has 3 heterocycles. The summed E-state index contributed by atoms with van der Waals surface area (Å²) in [5, 5.41) is 9.58. The second-order valence-corrected chi connectivity index (χ2v) is 7.60. The van der Waals surface area contributed by atoms with Crippen LogP contribution in [0, 0.1) is 13.8 Å². The second kappa shape index (κ2) is 8.62. The highest BCUT2D eigenvalue weighted by Gasteiger charge is 2.26. The summed E-state index contributed by atoms with van der Waals surface area (Å²) in [6.45, 7) is 5.89. The van der Waals surface area contributed by atoms with E-state index in [0.717, 1.165) is 47.7 Å². The Hall–Kier alpha value is -2.92. The molecule has 150 valence electrons. The summed E-state index contributed by atoms with van der Waals surface area (Å²) in [6.07, 6.45) is 3.41. The Kier molecular flexibility index (Phi) is 5.76. The summed E-state index contributed by atoms with van der Waals surface area (Å²) >= 11 is 0. The van der Waals surface area contributed by atoms with Gasteiger partial charge in [-0.25, -0.2) is 4.98 Å². The minimum atomic E-state index is 0.0816. The third-order valence-electron chi connectivity index (χ3n) is 5.38. The quantitative estimate of drug-likeness (QED) is 0.692. The Balaban J connectivity index is 1.53. The number of aromatic nitrogens is 2. The van der Waals surface area contributed by atoms with Gasteiger partial charge in [0.1, 0.15) is 6.10 Å². The van der Waals surface area contributed by atoms with Gasteiger partial charge in [0.25, 0.3) is 0 Å². The molecule has 1 N–H and O–H groups in total. The van der Waals surface area contributed by atoms with Crippen LogP contribution in [-0.2, 0) is 6.42 Å². The van der Waals surface area contributed by atoms with Crippen molar-refractivity contribution in [1.29, 1.82) is 0 Å². The number of aryl methyl sites for hydroxylation is 2. The molecular weight excluding hydrogens is 362 g/mol. The van der Waals surface area contributed by atoms with Gasteiger partial charge in [-0.15, -0.1) is 0 Å². The zero-order valence-corrected chi connectivity index (χ0v) is 17.0. The van der Waals surface area contributed by atoms with Gasteiger partial charge in [-0.3, -0.25) is 4.98 Å². The van der Waals surface area contributed by atoms with Crippen molar-refractivity contribution < 1.29 is 9.84 Å². The third kappa shape index (κ3) is 4.40. The lowest BCUT2D eigenvalue weighted by molar-refractivity contribution is 0.216. The predicted molar refractivity (Wildman–Crippen MR) is 115 cm³/mol. The molecule has 0 amide bonds. The average Bonchev–Trinajstić information content (AvgIpc) is 3.18. The van der Waals surface area contributed by atoms with E-state index in [2.05, 4.69) is 41.1 Å². The first-order valence-corrected chi connectivity index (χ1v) is 10.1. The van der Waals surface area contributed by atoms with Gasteiger partial charge in [-0.1, -0.05) is 30.3 Å². The van der Waals surface area contributed by atoms with Gasteiger partial charge < -0.3 is 14.7 Å². The lowest BCUT2D eigenvalue weighted by atomic mass is 10.0. The minimum Gasteiger partial charge on any atom is -0.472 e. The number of hydrogen-bond donors (Lipinski definition) is 1. The smallest absolute Gasteiger partial charge is 0.213 e. The SMILES string of the molecule is Cc1ccc(OC2CCN(c3ccc(-c4ccccc4C)nc3CCO)C2)nc1. The Labute approximate surface area is 172 Å². The third-order valence-corrected chi connectivity index (χ3v) is 5.38. The average molecular weight is 389 g/mol. The molecule has 1 unspecified atom stereocenters. The molecule has 5 heteroatoms. The number of hydrogen-bond acceptors (Lipinski definition) is 5. The molecule has 29 heavy (non-hydrogen) atoms. The normalized spacial score (nSPS) is 16.2. The first-order valence-electron chi connectivity index (χ1n) is 10.1. The maximum Gasteiger partial charge on any atom is 0.213 e. The monoisotopic (exact) mass is 389 g/mol. The van der Waals surface area contributed by atoms with E-state index in [9.17, 15) is 5.11 Å². The van der Waals surface area contributed by atoms with Gasteiger partial charge in [0.05, 0.1) is 23.6 Å². The maximum atomic E-state index is 9.58. The van der Waals surface area contributed by atoms with Crippen LogP contribution in [0.2, 0.25) is 0 Å². The van der Waals surface area contributed by atoms with Gasteiger partial charge in [0, 0.05) is 43.8 Å². The first kappa shape index (κ1) is 19.4. The molecule has 0 radical (unpaired) electrons. The molecular formula is C24H27N3O2. The molecule has 0 aliphatic carbocycles. The number of benzene rings is 1. The summed E-state index contributed by atoms with van der Waals surface area (Å²) in [4.78, 5) is 11.6. The van der Waals surface area contributed by atoms with Crippen LogP contribution in [0.25, 0.3) is 11.3 Å². The highest BCUT2D eigenvalue weighted by molar-refractivity contribution is 5.66. The van der Waals surface area contributed by atoms with E-state index in [0.29, 0.717) is 12.3 Å². The van der Waals surface area contributed by atoms with Crippen LogP contribution in [0.3, 0.4) is 0 Å². The lowest BCUT2D eigenvalue weighted by Gasteiger charge is -2.22. The summed E-state index contributed by atoms with van der Waals surface area (Å²) in [5.41, 5.74) is 6.42. The molecule has 1 fully saturated rings. The number of nitrogens with zero attached hydrogens (tertiary/aromatic N) is 3. The summed E-state index contributed by atoms with van der Waals surface area (Å²) in [7, 11) is 0. The van der Waals surface area contributed by atoms with E-state index in [4.69, 9.17) is 9.72 Å². The van der Waals surface area contributed by atoms with Crippen molar-refractivity contribution in [2.24, 2.45) is 0 Å². The molecule has 0 bridgehead atoms. The molecule has 0 spiro atoms. The standard InChI is InChI=1S/C24H27N3O2/c1-17-7-10-24(25-15-17)29-19-11-13-27(16-19)23-9-8-21(26-22(23)12-14-28)20-6-4-3-5-18(20)2/h3-10,15,19,28H,11-14,16H2,1-2H3. The molecule has 1 aromatic carbocycles. The van der Waals surface area contributed by atoms with Crippen LogP contribution in [-0.4, -0.2) is 40.9 Å². The summed E-state index contributed by atoms with van der Waals surface area (Å²) < 4.78 is 6.07. The first-order chi connectivity index (χ1) is 14.1. The predicted octanol–water partition coefficient (Wildman–Crippen LogP) is 3.95.